The van der Waals surface area contributed by atoms with E-state index in [1.807, 2.05) is 37.3 Å². The molecule has 0 amide bonds. The number of ether oxygens (including phenoxy) is 2. The molecular formula is C14H19N3O2. The molecule has 2 aliphatic rings. The fourth-order valence-corrected chi connectivity index (χ4v) is 2.19. The van der Waals surface area contributed by atoms with Crippen LogP contribution in [0.4, 0.5) is 0 Å². The van der Waals surface area contributed by atoms with E-state index in [2.05, 4.69) is 15.5 Å². The van der Waals surface area contributed by atoms with Gasteiger partial charge in [0.25, 0.3) is 0 Å². The monoisotopic (exact) mass is 261 g/mol. The fraction of sp³-hybridized carbons (Fsp3) is 0.571. The predicted octanol–water partition coefficient (Wildman–Crippen LogP) is 1.99. The molecule has 102 valence electrons. The lowest BCUT2D eigenvalue weighted by molar-refractivity contribution is 0.139. The Bertz CT molecular complexity index is 443. The van der Waals surface area contributed by atoms with Crippen molar-refractivity contribution in [1.29, 1.82) is 0 Å². The van der Waals surface area contributed by atoms with E-state index in [-0.39, 0.29) is 17.8 Å². The third-order valence-electron chi connectivity index (χ3n) is 3.51. The summed E-state index contributed by atoms with van der Waals surface area (Å²) < 4.78 is 11.5. The summed E-state index contributed by atoms with van der Waals surface area (Å²) in [6.07, 6.45) is 1.00. The number of nitrogens with zero attached hydrogens (tertiary/aromatic N) is 2. The minimum atomic E-state index is -0.137. The normalized spacial score (nSPS) is 27.4. The molecule has 1 aromatic rings. The van der Waals surface area contributed by atoms with Crippen molar-refractivity contribution in [2.45, 2.75) is 31.2 Å². The molecule has 5 heteroatoms. The van der Waals surface area contributed by atoms with Gasteiger partial charge in [-0.15, -0.1) is 0 Å². The van der Waals surface area contributed by atoms with Gasteiger partial charge in [0.1, 0.15) is 11.9 Å². The Kier molecular flexibility index (Phi) is 3.48. The van der Waals surface area contributed by atoms with Crippen molar-refractivity contribution in [1.82, 2.24) is 5.32 Å². The van der Waals surface area contributed by atoms with Crippen molar-refractivity contribution >= 4 is 0 Å². The van der Waals surface area contributed by atoms with Crippen LogP contribution in [0.2, 0.25) is 0 Å². The largest absolute Gasteiger partial charge is 0.486 e. The topological polar surface area (TPSA) is 55.2 Å². The van der Waals surface area contributed by atoms with Crippen LogP contribution < -0.4 is 10.1 Å². The first-order chi connectivity index (χ1) is 9.25. The van der Waals surface area contributed by atoms with Crippen LogP contribution in [0.15, 0.2) is 40.6 Å². The molecule has 0 radical (unpaired) electrons. The van der Waals surface area contributed by atoms with Crippen LogP contribution in [0.5, 0.6) is 5.75 Å². The summed E-state index contributed by atoms with van der Waals surface area (Å²) in [5.74, 6) is 0.893. The van der Waals surface area contributed by atoms with Crippen LogP contribution in [0.1, 0.15) is 13.3 Å². The van der Waals surface area contributed by atoms with Gasteiger partial charge in [-0.25, -0.2) is 0 Å². The Morgan fingerprint density at radius 1 is 1.32 bits per heavy atom. The smallest absolute Gasteiger partial charge is 0.189 e. The molecule has 0 aliphatic carbocycles. The molecule has 0 saturated carbocycles. The van der Waals surface area contributed by atoms with Crippen LogP contribution in [-0.2, 0) is 4.74 Å². The second-order valence-electron chi connectivity index (χ2n) is 5.23. The quantitative estimate of drug-likeness (QED) is 0.852. The van der Waals surface area contributed by atoms with Crippen molar-refractivity contribution in [3.05, 3.63) is 30.3 Å². The molecule has 2 heterocycles. The first kappa shape index (κ1) is 12.6. The molecule has 0 bridgehead atoms. The molecule has 0 unspecified atom stereocenters. The van der Waals surface area contributed by atoms with E-state index in [4.69, 9.17) is 9.47 Å². The van der Waals surface area contributed by atoms with Crippen LogP contribution >= 0.6 is 0 Å². The number of nitrogens with one attached hydrogen (secondary N) is 1. The van der Waals surface area contributed by atoms with E-state index in [0.29, 0.717) is 13.2 Å². The number of benzene rings is 1. The minimum absolute atomic E-state index is 0.0725. The summed E-state index contributed by atoms with van der Waals surface area (Å²) in [7, 11) is 0. The third kappa shape index (κ3) is 3.30. The molecule has 1 aromatic carbocycles. The fourth-order valence-electron chi connectivity index (χ4n) is 2.19. The molecule has 5 nitrogen and oxygen atoms in total. The molecule has 2 atom stereocenters. The van der Waals surface area contributed by atoms with Gasteiger partial charge in [-0.05, 0) is 25.6 Å². The number of hydrogen-bond donors (Lipinski definition) is 1. The molecule has 2 aliphatic heterocycles. The number of rotatable bonds is 6. The van der Waals surface area contributed by atoms with Crippen LogP contribution in [0.25, 0.3) is 0 Å². The van der Waals surface area contributed by atoms with Crippen molar-refractivity contribution in [2.75, 3.05) is 19.8 Å². The maximum atomic E-state index is 5.95. The maximum Gasteiger partial charge on any atom is 0.189 e. The summed E-state index contributed by atoms with van der Waals surface area (Å²) in [6, 6.07) is 10.1. The van der Waals surface area contributed by atoms with Crippen molar-refractivity contribution in [2.24, 2.45) is 10.2 Å². The van der Waals surface area contributed by atoms with E-state index in [0.717, 1.165) is 18.7 Å². The molecule has 0 aromatic heterocycles. The molecule has 1 fully saturated rings. The van der Waals surface area contributed by atoms with Crippen LogP contribution in [0.3, 0.4) is 0 Å². The molecule has 0 spiro atoms. The van der Waals surface area contributed by atoms with Gasteiger partial charge in [-0.1, -0.05) is 18.2 Å². The Morgan fingerprint density at radius 3 is 2.84 bits per heavy atom. The van der Waals surface area contributed by atoms with Gasteiger partial charge in [-0.3, -0.25) is 0 Å². The highest BCUT2D eigenvalue weighted by Gasteiger charge is 2.35. The Morgan fingerprint density at radius 2 is 2.11 bits per heavy atom. The van der Waals surface area contributed by atoms with Gasteiger partial charge in [0, 0.05) is 6.42 Å². The van der Waals surface area contributed by atoms with Gasteiger partial charge in [0.2, 0.25) is 0 Å². The lowest BCUT2D eigenvalue weighted by atomic mass is 10.1. The Hall–Kier alpha value is -1.46. The van der Waals surface area contributed by atoms with E-state index in [9.17, 15) is 0 Å². The SMILES string of the molecule is CC1(CCN[C@@H]2COC[C@@H]2Oc2ccccc2)N=N1. The minimum Gasteiger partial charge on any atom is -0.486 e. The zero-order chi connectivity index (χ0) is 13.1. The zero-order valence-electron chi connectivity index (χ0n) is 11.1. The highest BCUT2D eigenvalue weighted by atomic mass is 16.5. The predicted molar refractivity (Wildman–Crippen MR) is 71.3 cm³/mol. The molecular weight excluding hydrogens is 242 g/mol. The van der Waals surface area contributed by atoms with E-state index < -0.39 is 0 Å². The maximum absolute atomic E-state index is 5.95. The summed E-state index contributed by atoms with van der Waals surface area (Å²) in [5, 5.41) is 11.5. The average molecular weight is 261 g/mol. The van der Waals surface area contributed by atoms with Crippen LogP contribution in [-0.4, -0.2) is 37.6 Å². The molecule has 19 heavy (non-hydrogen) atoms. The Labute approximate surface area is 113 Å². The van der Waals surface area contributed by atoms with Gasteiger partial charge in [0.05, 0.1) is 19.3 Å². The van der Waals surface area contributed by atoms with Crippen molar-refractivity contribution in [3.8, 4) is 5.75 Å². The molecule has 1 N–H and O–H groups in total. The van der Waals surface area contributed by atoms with Crippen molar-refractivity contribution in [3.63, 3.8) is 0 Å². The lowest BCUT2D eigenvalue weighted by Crippen LogP contribution is -2.43. The first-order valence-electron chi connectivity index (χ1n) is 6.72. The Balaban J connectivity index is 1.47. The molecule has 1 saturated heterocycles. The van der Waals surface area contributed by atoms with E-state index >= 15 is 0 Å². The highest BCUT2D eigenvalue weighted by Crippen LogP contribution is 2.30. The lowest BCUT2D eigenvalue weighted by Gasteiger charge is -2.20. The highest BCUT2D eigenvalue weighted by molar-refractivity contribution is 5.21. The average Bonchev–Trinajstić information content (AvgIpc) is 2.99. The van der Waals surface area contributed by atoms with Gasteiger partial charge < -0.3 is 14.8 Å². The van der Waals surface area contributed by atoms with E-state index in [1.165, 1.54) is 0 Å². The second kappa shape index (κ2) is 5.27. The molecule has 3 rings (SSSR count). The summed E-state index contributed by atoms with van der Waals surface area (Å²) in [6.45, 7) is 4.25. The second-order valence-corrected chi connectivity index (χ2v) is 5.23. The van der Waals surface area contributed by atoms with Crippen molar-refractivity contribution < 1.29 is 9.47 Å². The zero-order valence-corrected chi connectivity index (χ0v) is 11.1. The third-order valence-corrected chi connectivity index (χ3v) is 3.51. The van der Waals surface area contributed by atoms with E-state index in [1.54, 1.807) is 0 Å². The summed E-state index contributed by atoms with van der Waals surface area (Å²) >= 11 is 0. The summed E-state index contributed by atoms with van der Waals surface area (Å²) in [5.41, 5.74) is -0.137. The first-order valence-corrected chi connectivity index (χ1v) is 6.72. The van der Waals surface area contributed by atoms with Crippen LogP contribution in [0, 0.1) is 0 Å². The number of para-hydroxylation sites is 1. The number of hydrogen-bond acceptors (Lipinski definition) is 5. The van der Waals surface area contributed by atoms with Gasteiger partial charge in [0.15, 0.2) is 5.66 Å². The summed E-state index contributed by atoms with van der Waals surface area (Å²) in [4.78, 5) is 0. The van der Waals surface area contributed by atoms with Gasteiger partial charge in [-0.2, -0.15) is 10.2 Å². The van der Waals surface area contributed by atoms with Gasteiger partial charge >= 0.3 is 0 Å². The standard InChI is InChI=1S/C14H19N3O2/c1-14(16-17-14)7-8-15-12-9-18-10-13(12)19-11-5-3-2-4-6-11/h2-6,12-13,15H,7-10H2,1H3/t12-,13+/m1/s1.